The van der Waals surface area contributed by atoms with Crippen LogP contribution in [0.5, 0.6) is 0 Å². The highest BCUT2D eigenvalue weighted by molar-refractivity contribution is 5.94. The van der Waals surface area contributed by atoms with Gasteiger partial charge >= 0.3 is 0 Å². The minimum absolute atomic E-state index is 0.730. The van der Waals surface area contributed by atoms with Crippen molar-refractivity contribution in [2.75, 3.05) is 32.8 Å². The first kappa shape index (κ1) is 17.3. The first-order chi connectivity index (χ1) is 13.7. The average molecular weight is 376 g/mol. The maximum atomic E-state index is 5.46. The highest BCUT2D eigenvalue weighted by Gasteiger charge is 2.19. The zero-order valence-electron chi connectivity index (χ0n) is 16.3. The molecule has 4 heterocycles. The second-order valence-electron chi connectivity index (χ2n) is 7.33. The van der Waals surface area contributed by atoms with Crippen LogP contribution >= 0.6 is 0 Å². The number of ether oxygens (including phenoxy) is 1. The van der Waals surface area contributed by atoms with E-state index in [1.165, 1.54) is 11.3 Å². The van der Waals surface area contributed by atoms with E-state index < -0.39 is 0 Å². The van der Waals surface area contributed by atoms with Crippen molar-refractivity contribution in [3.05, 3.63) is 47.9 Å². The molecule has 0 atom stereocenters. The Kier molecular flexibility index (Phi) is 4.33. The van der Waals surface area contributed by atoms with Crippen molar-refractivity contribution in [2.45, 2.75) is 20.4 Å². The molecule has 0 bridgehead atoms. The Morgan fingerprint density at radius 3 is 2.57 bits per heavy atom. The summed E-state index contributed by atoms with van der Waals surface area (Å²) in [6, 6.07) is 10.1. The van der Waals surface area contributed by atoms with Crippen LogP contribution in [0.15, 0.2) is 36.7 Å². The maximum absolute atomic E-state index is 5.46. The number of benzene rings is 1. The molecule has 0 aliphatic carbocycles. The zero-order chi connectivity index (χ0) is 19.1. The van der Waals surface area contributed by atoms with Gasteiger partial charge in [0.15, 0.2) is 11.5 Å². The first-order valence-electron chi connectivity index (χ1n) is 9.78. The van der Waals surface area contributed by atoms with Crippen LogP contribution in [0.25, 0.3) is 28.1 Å². The van der Waals surface area contributed by atoms with E-state index in [1.807, 2.05) is 30.3 Å². The molecule has 1 saturated heterocycles. The molecular weight excluding hydrogens is 352 g/mol. The second-order valence-corrected chi connectivity index (χ2v) is 7.33. The van der Waals surface area contributed by atoms with Crippen molar-refractivity contribution in [3.63, 3.8) is 0 Å². The summed E-state index contributed by atoms with van der Waals surface area (Å²) in [4.78, 5) is 12.0. The fourth-order valence-corrected chi connectivity index (χ4v) is 3.98. The molecule has 1 aliphatic heterocycles. The lowest BCUT2D eigenvalue weighted by Crippen LogP contribution is -2.38. The van der Waals surface area contributed by atoms with Crippen LogP contribution in [0.4, 0.5) is 0 Å². The SMILES string of the molecule is Cc1c(C)n(CCN2CCOCC2)c2ncn3nc(-c4ccccc4)nc3c12. The summed E-state index contributed by atoms with van der Waals surface area (Å²) < 4.78 is 9.57. The van der Waals surface area contributed by atoms with Gasteiger partial charge in [0, 0.05) is 37.4 Å². The van der Waals surface area contributed by atoms with Crippen LogP contribution in [0.1, 0.15) is 11.3 Å². The summed E-state index contributed by atoms with van der Waals surface area (Å²) in [5, 5.41) is 5.74. The van der Waals surface area contributed by atoms with Gasteiger partial charge in [-0.05, 0) is 19.4 Å². The van der Waals surface area contributed by atoms with Gasteiger partial charge in [0.1, 0.15) is 12.0 Å². The van der Waals surface area contributed by atoms with Crippen molar-refractivity contribution in [1.29, 1.82) is 0 Å². The minimum atomic E-state index is 0.730. The molecule has 5 rings (SSSR count). The molecule has 4 aromatic rings. The highest BCUT2D eigenvalue weighted by Crippen LogP contribution is 2.28. The number of aromatic nitrogens is 5. The Morgan fingerprint density at radius 2 is 1.79 bits per heavy atom. The summed E-state index contributed by atoms with van der Waals surface area (Å²) in [5.41, 5.74) is 5.34. The van der Waals surface area contributed by atoms with Gasteiger partial charge in [-0.1, -0.05) is 30.3 Å². The minimum Gasteiger partial charge on any atom is -0.379 e. The molecule has 0 saturated carbocycles. The van der Waals surface area contributed by atoms with E-state index in [-0.39, 0.29) is 0 Å². The second kappa shape index (κ2) is 7.00. The number of morpholine rings is 1. The van der Waals surface area contributed by atoms with Gasteiger partial charge in [-0.15, -0.1) is 5.10 Å². The van der Waals surface area contributed by atoms with Crippen molar-refractivity contribution < 1.29 is 4.74 Å². The molecule has 0 unspecified atom stereocenters. The van der Waals surface area contributed by atoms with Crippen molar-refractivity contribution in [1.82, 2.24) is 29.0 Å². The summed E-state index contributed by atoms with van der Waals surface area (Å²) in [6.07, 6.45) is 1.78. The Morgan fingerprint density at radius 1 is 1.00 bits per heavy atom. The van der Waals surface area contributed by atoms with Crippen molar-refractivity contribution in [3.8, 4) is 11.4 Å². The smallest absolute Gasteiger partial charge is 0.182 e. The van der Waals surface area contributed by atoms with Crippen LogP contribution in [0.3, 0.4) is 0 Å². The third-order valence-electron chi connectivity index (χ3n) is 5.72. The molecule has 0 radical (unpaired) electrons. The van der Waals surface area contributed by atoms with Gasteiger partial charge in [0.25, 0.3) is 0 Å². The average Bonchev–Trinajstić information content (AvgIpc) is 3.28. The fraction of sp³-hybridized carbons (Fsp3) is 0.381. The largest absolute Gasteiger partial charge is 0.379 e. The van der Waals surface area contributed by atoms with Gasteiger partial charge in [0.2, 0.25) is 0 Å². The third-order valence-corrected chi connectivity index (χ3v) is 5.72. The summed E-state index contributed by atoms with van der Waals surface area (Å²) in [5.74, 6) is 0.730. The predicted molar refractivity (Wildman–Crippen MR) is 108 cm³/mol. The molecule has 144 valence electrons. The lowest BCUT2D eigenvalue weighted by Gasteiger charge is -2.26. The lowest BCUT2D eigenvalue weighted by atomic mass is 10.2. The van der Waals surface area contributed by atoms with Crippen LogP contribution in [0.2, 0.25) is 0 Å². The molecule has 0 spiro atoms. The molecule has 7 heteroatoms. The van der Waals surface area contributed by atoms with Crippen molar-refractivity contribution in [2.24, 2.45) is 0 Å². The van der Waals surface area contributed by atoms with E-state index >= 15 is 0 Å². The summed E-state index contributed by atoms with van der Waals surface area (Å²) >= 11 is 0. The van der Waals surface area contributed by atoms with E-state index in [4.69, 9.17) is 14.7 Å². The molecule has 1 fully saturated rings. The number of hydrogen-bond acceptors (Lipinski definition) is 5. The predicted octanol–water partition coefficient (Wildman–Crippen LogP) is 2.70. The summed E-state index contributed by atoms with van der Waals surface area (Å²) in [6.45, 7) is 9.89. The van der Waals surface area contributed by atoms with E-state index in [9.17, 15) is 0 Å². The standard InChI is InChI=1S/C21H24N6O/c1-15-16(2)26(9-8-25-10-12-28-13-11-25)20-18(15)21-23-19(24-27(21)14-22-20)17-6-4-3-5-7-17/h3-7,14H,8-13H2,1-2H3. The van der Waals surface area contributed by atoms with Gasteiger partial charge in [-0.3, -0.25) is 4.90 Å². The molecule has 1 aromatic carbocycles. The molecular formula is C21H24N6O. The van der Waals surface area contributed by atoms with Crippen LogP contribution in [-0.2, 0) is 11.3 Å². The fourth-order valence-electron chi connectivity index (χ4n) is 3.98. The quantitative estimate of drug-likeness (QED) is 0.548. The van der Waals surface area contributed by atoms with Crippen LogP contribution in [-0.4, -0.2) is 61.9 Å². The number of rotatable bonds is 4. The summed E-state index contributed by atoms with van der Waals surface area (Å²) in [7, 11) is 0. The van der Waals surface area contributed by atoms with Gasteiger partial charge < -0.3 is 9.30 Å². The Labute approximate surface area is 163 Å². The molecule has 0 amide bonds. The molecule has 28 heavy (non-hydrogen) atoms. The van der Waals surface area contributed by atoms with E-state index in [0.717, 1.165) is 67.5 Å². The Balaban J connectivity index is 1.56. The number of nitrogens with zero attached hydrogens (tertiary/aromatic N) is 6. The third kappa shape index (κ3) is 2.87. The van der Waals surface area contributed by atoms with Crippen molar-refractivity contribution >= 4 is 16.7 Å². The van der Waals surface area contributed by atoms with Crippen LogP contribution in [0, 0.1) is 13.8 Å². The highest BCUT2D eigenvalue weighted by atomic mass is 16.5. The number of fused-ring (bicyclic) bond motifs is 3. The van der Waals surface area contributed by atoms with E-state index in [2.05, 4.69) is 28.4 Å². The normalized spacial score (nSPS) is 15.6. The van der Waals surface area contributed by atoms with E-state index in [0.29, 0.717) is 0 Å². The number of aryl methyl sites for hydroxylation is 1. The van der Waals surface area contributed by atoms with Gasteiger partial charge in [0.05, 0.1) is 18.6 Å². The topological polar surface area (TPSA) is 60.5 Å². The van der Waals surface area contributed by atoms with Crippen LogP contribution < -0.4 is 0 Å². The van der Waals surface area contributed by atoms with Gasteiger partial charge in [-0.2, -0.15) is 0 Å². The molecule has 3 aromatic heterocycles. The molecule has 0 N–H and O–H groups in total. The Hall–Kier alpha value is -2.77. The lowest BCUT2D eigenvalue weighted by molar-refractivity contribution is 0.0364. The maximum Gasteiger partial charge on any atom is 0.182 e. The zero-order valence-corrected chi connectivity index (χ0v) is 16.3. The molecule has 7 nitrogen and oxygen atoms in total. The first-order valence-corrected chi connectivity index (χ1v) is 9.78. The van der Waals surface area contributed by atoms with Gasteiger partial charge in [-0.25, -0.2) is 14.5 Å². The monoisotopic (exact) mass is 376 g/mol. The molecule has 1 aliphatic rings. The Bertz CT molecular complexity index is 1120. The van der Waals surface area contributed by atoms with E-state index in [1.54, 1.807) is 10.8 Å². The number of hydrogen-bond donors (Lipinski definition) is 0.